The first-order valence-corrected chi connectivity index (χ1v) is 13.2. The SMILES string of the molecule is CCCNC(=O)[C@@H](C)N(Cc1cccc(C)c1)C(=O)CN(C)S(=O)(=O)c1ccc2ccccc2c1. The zero-order chi connectivity index (χ0) is 25.6. The van der Waals surface area contributed by atoms with Crippen LogP contribution < -0.4 is 5.32 Å². The lowest BCUT2D eigenvalue weighted by molar-refractivity contribution is -0.140. The number of hydrogen-bond acceptors (Lipinski definition) is 4. The number of fused-ring (bicyclic) bond motifs is 1. The van der Waals surface area contributed by atoms with E-state index in [9.17, 15) is 18.0 Å². The molecule has 0 radical (unpaired) electrons. The minimum absolute atomic E-state index is 0.116. The van der Waals surface area contributed by atoms with E-state index in [1.807, 2.05) is 62.4 Å². The summed E-state index contributed by atoms with van der Waals surface area (Å²) in [6, 6.07) is 19.3. The van der Waals surface area contributed by atoms with E-state index in [4.69, 9.17) is 0 Å². The maximum absolute atomic E-state index is 13.4. The third-order valence-electron chi connectivity index (χ3n) is 5.94. The average molecular weight is 496 g/mol. The van der Waals surface area contributed by atoms with Crippen molar-refractivity contribution in [1.82, 2.24) is 14.5 Å². The predicted octanol–water partition coefficient (Wildman–Crippen LogP) is 3.71. The minimum atomic E-state index is -3.91. The summed E-state index contributed by atoms with van der Waals surface area (Å²) in [5, 5.41) is 4.56. The largest absolute Gasteiger partial charge is 0.354 e. The van der Waals surface area contributed by atoms with E-state index in [-0.39, 0.29) is 23.9 Å². The molecule has 2 amide bonds. The highest BCUT2D eigenvalue weighted by atomic mass is 32.2. The van der Waals surface area contributed by atoms with Crippen LogP contribution in [0.4, 0.5) is 0 Å². The van der Waals surface area contributed by atoms with Gasteiger partial charge in [-0.15, -0.1) is 0 Å². The lowest BCUT2D eigenvalue weighted by atomic mass is 10.1. The highest BCUT2D eigenvalue weighted by molar-refractivity contribution is 7.89. The Balaban J connectivity index is 1.84. The van der Waals surface area contributed by atoms with Crippen LogP contribution in [0.5, 0.6) is 0 Å². The number of nitrogens with zero attached hydrogens (tertiary/aromatic N) is 2. The Labute approximate surface area is 207 Å². The molecule has 3 aromatic rings. The molecule has 0 aliphatic carbocycles. The summed E-state index contributed by atoms with van der Waals surface area (Å²) in [6.45, 7) is 5.89. The van der Waals surface area contributed by atoms with Gasteiger partial charge >= 0.3 is 0 Å². The van der Waals surface area contributed by atoms with Gasteiger partial charge in [0.05, 0.1) is 11.4 Å². The lowest BCUT2D eigenvalue weighted by Crippen LogP contribution is -2.50. The molecule has 0 saturated carbocycles. The molecule has 186 valence electrons. The van der Waals surface area contributed by atoms with Gasteiger partial charge in [-0.1, -0.05) is 67.1 Å². The summed E-state index contributed by atoms with van der Waals surface area (Å²) in [7, 11) is -2.53. The normalized spacial score (nSPS) is 12.5. The van der Waals surface area contributed by atoms with Gasteiger partial charge in [0.2, 0.25) is 21.8 Å². The van der Waals surface area contributed by atoms with E-state index in [1.165, 1.54) is 11.9 Å². The molecule has 0 saturated heterocycles. The molecule has 0 aliphatic rings. The van der Waals surface area contributed by atoms with Crippen molar-refractivity contribution in [3.05, 3.63) is 77.9 Å². The van der Waals surface area contributed by atoms with Crippen LogP contribution in [-0.4, -0.2) is 55.6 Å². The van der Waals surface area contributed by atoms with Gasteiger partial charge in [-0.2, -0.15) is 4.31 Å². The third kappa shape index (κ3) is 6.46. The fraction of sp³-hybridized carbons (Fsp3) is 0.333. The van der Waals surface area contributed by atoms with Crippen molar-refractivity contribution in [2.75, 3.05) is 20.1 Å². The van der Waals surface area contributed by atoms with E-state index in [1.54, 1.807) is 25.1 Å². The van der Waals surface area contributed by atoms with Crippen LogP contribution in [0.1, 0.15) is 31.4 Å². The number of amides is 2. The number of nitrogens with one attached hydrogen (secondary N) is 1. The highest BCUT2D eigenvalue weighted by Gasteiger charge is 2.30. The van der Waals surface area contributed by atoms with Crippen molar-refractivity contribution in [1.29, 1.82) is 0 Å². The molecular formula is C27H33N3O4S. The molecule has 0 aliphatic heterocycles. The van der Waals surface area contributed by atoms with Crippen LogP contribution in [0.15, 0.2) is 71.6 Å². The Morgan fingerprint density at radius 2 is 1.69 bits per heavy atom. The Bertz CT molecular complexity index is 1310. The summed E-state index contributed by atoms with van der Waals surface area (Å²) in [4.78, 5) is 27.6. The molecule has 3 aromatic carbocycles. The van der Waals surface area contributed by atoms with Gasteiger partial charge in [0, 0.05) is 20.1 Å². The van der Waals surface area contributed by atoms with Crippen molar-refractivity contribution in [2.45, 2.75) is 44.7 Å². The summed E-state index contributed by atoms with van der Waals surface area (Å²) in [5.74, 6) is -0.717. The van der Waals surface area contributed by atoms with Crippen LogP contribution >= 0.6 is 0 Å². The van der Waals surface area contributed by atoms with Gasteiger partial charge in [-0.3, -0.25) is 9.59 Å². The topological polar surface area (TPSA) is 86.8 Å². The second-order valence-corrected chi connectivity index (χ2v) is 10.8. The Morgan fingerprint density at radius 1 is 0.971 bits per heavy atom. The van der Waals surface area contributed by atoms with Gasteiger partial charge < -0.3 is 10.2 Å². The first-order chi connectivity index (χ1) is 16.6. The molecule has 0 fully saturated rings. The standard InChI is InChI=1S/C27H33N3O4S/c1-5-15-28-27(32)21(3)30(18-22-10-8-9-20(2)16-22)26(31)19-29(4)35(33,34)25-14-13-23-11-6-7-12-24(23)17-25/h6-14,16-17,21H,5,15,18-19H2,1-4H3,(H,28,32)/t21-/m1/s1. The van der Waals surface area contributed by atoms with Gasteiger partial charge in [0.15, 0.2) is 0 Å². The smallest absolute Gasteiger partial charge is 0.243 e. The average Bonchev–Trinajstić information content (AvgIpc) is 2.84. The number of carbonyl (C=O) groups excluding carboxylic acids is 2. The van der Waals surface area contributed by atoms with Crippen molar-refractivity contribution in [3.8, 4) is 0 Å². The zero-order valence-corrected chi connectivity index (χ0v) is 21.5. The van der Waals surface area contributed by atoms with Crippen LogP contribution in [0, 0.1) is 6.92 Å². The summed E-state index contributed by atoms with van der Waals surface area (Å²) < 4.78 is 27.6. The van der Waals surface area contributed by atoms with Crippen LogP contribution in [-0.2, 0) is 26.2 Å². The van der Waals surface area contributed by atoms with E-state index in [2.05, 4.69) is 5.32 Å². The summed E-state index contributed by atoms with van der Waals surface area (Å²) in [5.41, 5.74) is 1.91. The van der Waals surface area contributed by atoms with E-state index < -0.39 is 22.0 Å². The van der Waals surface area contributed by atoms with E-state index in [0.717, 1.165) is 32.6 Å². The molecule has 0 unspecified atom stereocenters. The molecule has 0 aromatic heterocycles. The number of rotatable bonds is 10. The Morgan fingerprint density at radius 3 is 2.37 bits per heavy atom. The first-order valence-electron chi connectivity index (χ1n) is 11.7. The first kappa shape index (κ1) is 26.4. The van der Waals surface area contributed by atoms with Crippen molar-refractivity contribution in [2.24, 2.45) is 0 Å². The molecule has 0 bridgehead atoms. The number of aryl methyl sites for hydroxylation is 1. The fourth-order valence-corrected chi connectivity index (χ4v) is 5.02. The molecular weight excluding hydrogens is 462 g/mol. The van der Waals surface area contributed by atoms with Crippen LogP contribution in [0.3, 0.4) is 0 Å². The van der Waals surface area contributed by atoms with Gasteiger partial charge in [-0.05, 0) is 48.7 Å². The minimum Gasteiger partial charge on any atom is -0.354 e. The van der Waals surface area contributed by atoms with Gasteiger partial charge in [0.1, 0.15) is 6.04 Å². The van der Waals surface area contributed by atoms with E-state index in [0.29, 0.717) is 6.54 Å². The van der Waals surface area contributed by atoms with Gasteiger partial charge in [0.25, 0.3) is 0 Å². The summed E-state index contributed by atoms with van der Waals surface area (Å²) in [6.07, 6.45) is 0.775. The molecule has 3 rings (SSSR count). The number of carbonyl (C=O) groups is 2. The summed E-state index contributed by atoms with van der Waals surface area (Å²) >= 11 is 0. The number of sulfonamides is 1. The molecule has 1 atom stereocenters. The second kappa shape index (κ2) is 11.5. The molecule has 8 heteroatoms. The van der Waals surface area contributed by atoms with Crippen molar-refractivity contribution < 1.29 is 18.0 Å². The number of hydrogen-bond donors (Lipinski definition) is 1. The quantitative estimate of drug-likeness (QED) is 0.465. The molecule has 0 spiro atoms. The molecule has 35 heavy (non-hydrogen) atoms. The Hall–Kier alpha value is -3.23. The second-order valence-electron chi connectivity index (χ2n) is 8.75. The Kier molecular flexibility index (Phi) is 8.64. The van der Waals surface area contributed by atoms with Crippen molar-refractivity contribution in [3.63, 3.8) is 0 Å². The van der Waals surface area contributed by atoms with Crippen LogP contribution in [0.25, 0.3) is 10.8 Å². The van der Waals surface area contributed by atoms with Crippen molar-refractivity contribution >= 4 is 32.6 Å². The highest BCUT2D eigenvalue weighted by Crippen LogP contribution is 2.22. The zero-order valence-electron chi connectivity index (χ0n) is 20.7. The molecule has 1 N–H and O–H groups in total. The van der Waals surface area contributed by atoms with Gasteiger partial charge in [-0.25, -0.2) is 8.42 Å². The number of likely N-dealkylation sites (N-methyl/N-ethyl adjacent to an activating group) is 1. The maximum atomic E-state index is 13.4. The monoisotopic (exact) mass is 495 g/mol. The van der Waals surface area contributed by atoms with Crippen LogP contribution in [0.2, 0.25) is 0 Å². The molecule has 0 heterocycles. The van der Waals surface area contributed by atoms with E-state index >= 15 is 0 Å². The molecule has 7 nitrogen and oxygen atoms in total. The third-order valence-corrected chi connectivity index (χ3v) is 7.74. The predicted molar refractivity (Wildman–Crippen MR) is 138 cm³/mol. The fourth-order valence-electron chi connectivity index (χ4n) is 3.86. The lowest BCUT2D eigenvalue weighted by Gasteiger charge is -2.30. The maximum Gasteiger partial charge on any atom is 0.243 e. The number of benzene rings is 3.